The smallest absolute Gasteiger partial charge is 0.307 e. The Morgan fingerprint density at radius 1 is 1.33 bits per heavy atom. The van der Waals surface area contributed by atoms with Gasteiger partial charge in [0.15, 0.2) is 0 Å². The summed E-state index contributed by atoms with van der Waals surface area (Å²) >= 11 is 0. The Labute approximate surface area is 108 Å². The summed E-state index contributed by atoms with van der Waals surface area (Å²) < 4.78 is 0. The van der Waals surface area contributed by atoms with E-state index in [1.807, 2.05) is 18.7 Å². The monoisotopic (exact) mass is 248 g/mol. The van der Waals surface area contributed by atoms with Gasteiger partial charge in [0.2, 0.25) is 0 Å². The Balaban J connectivity index is 1.78. The van der Waals surface area contributed by atoms with E-state index in [0.717, 1.165) is 32.1 Å². The first-order valence-corrected chi connectivity index (χ1v) is 6.85. The fourth-order valence-corrected chi connectivity index (χ4v) is 3.73. The largest absolute Gasteiger partial charge is 0.327 e. The van der Waals surface area contributed by atoms with Crippen molar-refractivity contribution in [1.29, 1.82) is 0 Å². The molecule has 3 fully saturated rings. The lowest BCUT2D eigenvalue weighted by Crippen LogP contribution is -2.42. The highest BCUT2D eigenvalue weighted by molar-refractivity contribution is 6.08. The van der Waals surface area contributed by atoms with Crippen molar-refractivity contribution in [1.82, 2.24) is 9.80 Å². The van der Waals surface area contributed by atoms with Crippen LogP contribution in [0.5, 0.6) is 0 Å². The molecule has 0 unspecified atom stereocenters. The molecule has 98 valence electrons. The van der Waals surface area contributed by atoms with E-state index in [0.29, 0.717) is 12.6 Å². The third kappa shape index (κ3) is 1.38. The molecule has 0 aliphatic carbocycles. The minimum Gasteiger partial charge on any atom is -0.307 e. The van der Waals surface area contributed by atoms with E-state index in [-0.39, 0.29) is 11.9 Å². The van der Waals surface area contributed by atoms with Crippen LogP contribution in [-0.4, -0.2) is 39.9 Å². The summed E-state index contributed by atoms with van der Waals surface area (Å²) in [7, 11) is 0. The molecule has 0 aromatic heterocycles. The van der Waals surface area contributed by atoms with E-state index >= 15 is 0 Å². The summed E-state index contributed by atoms with van der Waals surface area (Å²) in [5.74, 6) is 0.0645. The number of imide groups is 1. The van der Waals surface area contributed by atoms with Crippen LogP contribution in [-0.2, 0) is 4.79 Å². The van der Waals surface area contributed by atoms with Gasteiger partial charge in [-0.15, -0.1) is 0 Å². The molecule has 3 amide bonds. The zero-order valence-corrected chi connectivity index (χ0v) is 11.1. The van der Waals surface area contributed by atoms with Crippen LogP contribution >= 0.6 is 0 Å². The second-order valence-corrected chi connectivity index (χ2v) is 5.94. The molecule has 0 aromatic carbocycles. The van der Waals surface area contributed by atoms with Gasteiger partial charge in [-0.05, 0) is 46.0 Å². The lowest BCUT2D eigenvalue weighted by molar-refractivity contribution is -0.132. The molecule has 0 atom stereocenters. The molecule has 4 heteroatoms. The number of amides is 3. The number of allylic oxidation sites excluding steroid dienone is 1. The average molecular weight is 248 g/mol. The highest BCUT2D eigenvalue weighted by Crippen LogP contribution is 2.51. The standard InChI is InChI=1S/C14H20N2O2/c1-10(2)4-3-9-15-12(17)14-7-5-11(6-8-14)16(14)13(15)18/h4,11H,3,5-9H2,1-2H3. The molecule has 3 aliphatic rings. The molecule has 3 heterocycles. The Bertz CT molecular complexity index is 429. The molecule has 0 spiro atoms. The first-order valence-electron chi connectivity index (χ1n) is 6.85. The van der Waals surface area contributed by atoms with Gasteiger partial charge in [0.05, 0.1) is 0 Å². The third-order valence-electron chi connectivity index (χ3n) is 4.59. The van der Waals surface area contributed by atoms with Gasteiger partial charge in [0, 0.05) is 12.6 Å². The van der Waals surface area contributed by atoms with E-state index in [1.165, 1.54) is 10.5 Å². The van der Waals surface area contributed by atoms with Crippen LogP contribution in [0.25, 0.3) is 0 Å². The van der Waals surface area contributed by atoms with Crippen molar-refractivity contribution in [3.8, 4) is 0 Å². The quantitative estimate of drug-likeness (QED) is 0.568. The molecule has 3 aliphatic heterocycles. The van der Waals surface area contributed by atoms with Crippen LogP contribution < -0.4 is 0 Å². The van der Waals surface area contributed by atoms with Crippen molar-refractivity contribution in [2.24, 2.45) is 0 Å². The topological polar surface area (TPSA) is 40.6 Å². The molecule has 0 radical (unpaired) electrons. The first kappa shape index (κ1) is 11.8. The van der Waals surface area contributed by atoms with E-state index in [2.05, 4.69) is 6.08 Å². The summed E-state index contributed by atoms with van der Waals surface area (Å²) in [6.45, 7) is 4.60. The minimum atomic E-state index is -0.438. The molecule has 3 rings (SSSR count). The van der Waals surface area contributed by atoms with Gasteiger partial charge in [-0.3, -0.25) is 9.69 Å². The molecular weight excluding hydrogens is 228 g/mol. The second kappa shape index (κ2) is 3.84. The fourth-order valence-electron chi connectivity index (χ4n) is 3.73. The highest BCUT2D eigenvalue weighted by Gasteiger charge is 2.65. The van der Waals surface area contributed by atoms with E-state index in [9.17, 15) is 9.59 Å². The van der Waals surface area contributed by atoms with Gasteiger partial charge in [-0.2, -0.15) is 0 Å². The van der Waals surface area contributed by atoms with Crippen LogP contribution in [0.2, 0.25) is 0 Å². The normalized spacial score (nSPS) is 33.3. The maximum absolute atomic E-state index is 12.5. The average Bonchev–Trinajstić information content (AvgIpc) is 2.93. The zero-order valence-electron chi connectivity index (χ0n) is 11.1. The number of hydrogen-bond donors (Lipinski definition) is 0. The molecule has 0 N–H and O–H groups in total. The van der Waals surface area contributed by atoms with Crippen molar-refractivity contribution in [3.63, 3.8) is 0 Å². The van der Waals surface area contributed by atoms with Gasteiger partial charge < -0.3 is 4.90 Å². The van der Waals surface area contributed by atoms with Crippen molar-refractivity contribution >= 4 is 11.9 Å². The number of urea groups is 1. The van der Waals surface area contributed by atoms with Crippen molar-refractivity contribution in [2.75, 3.05) is 6.54 Å². The Morgan fingerprint density at radius 2 is 2.00 bits per heavy atom. The van der Waals surface area contributed by atoms with Gasteiger partial charge in [0.25, 0.3) is 5.91 Å². The second-order valence-electron chi connectivity index (χ2n) is 5.94. The van der Waals surface area contributed by atoms with Crippen LogP contribution in [0, 0.1) is 0 Å². The molecule has 4 nitrogen and oxygen atoms in total. The molecule has 3 saturated heterocycles. The third-order valence-corrected chi connectivity index (χ3v) is 4.59. The first-order chi connectivity index (χ1) is 8.56. The Hall–Kier alpha value is -1.32. The number of nitrogens with zero attached hydrogens (tertiary/aromatic N) is 2. The van der Waals surface area contributed by atoms with Crippen molar-refractivity contribution in [3.05, 3.63) is 11.6 Å². The van der Waals surface area contributed by atoms with Crippen molar-refractivity contribution in [2.45, 2.75) is 57.5 Å². The maximum atomic E-state index is 12.5. The Morgan fingerprint density at radius 3 is 2.56 bits per heavy atom. The van der Waals surface area contributed by atoms with Gasteiger partial charge >= 0.3 is 6.03 Å². The van der Waals surface area contributed by atoms with Gasteiger partial charge in [0.1, 0.15) is 5.54 Å². The number of carbonyl (C=O) groups excluding carboxylic acids is 2. The van der Waals surface area contributed by atoms with Gasteiger partial charge in [-0.1, -0.05) is 11.6 Å². The molecule has 18 heavy (non-hydrogen) atoms. The van der Waals surface area contributed by atoms with E-state index < -0.39 is 5.54 Å². The molecule has 0 saturated carbocycles. The maximum Gasteiger partial charge on any atom is 0.327 e. The molecule has 0 aromatic rings. The lowest BCUT2D eigenvalue weighted by atomic mass is 9.87. The number of hydrogen-bond acceptors (Lipinski definition) is 2. The zero-order chi connectivity index (χ0) is 12.9. The summed E-state index contributed by atoms with van der Waals surface area (Å²) in [5.41, 5.74) is 0.793. The molecular formula is C14H20N2O2. The summed E-state index contributed by atoms with van der Waals surface area (Å²) in [5, 5.41) is 0. The van der Waals surface area contributed by atoms with Crippen LogP contribution in [0.15, 0.2) is 11.6 Å². The van der Waals surface area contributed by atoms with E-state index in [1.54, 1.807) is 0 Å². The molecule has 2 bridgehead atoms. The predicted octanol–water partition coefficient (Wildman–Crippen LogP) is 2.30. The highest BCUT2D eigenvalue weighted by atomic mass is 16.2. The lowest BCUT2D eigenvalue weighted by Gasteiger charge is -2.22. The minimum absolute atomic E-state index is 0.0397. The number of rotatable bonds is 3. The SMILES string of the molecule is CC(C)=CCCN1C(=O)N2C3CCC2(CC3)C1=O. The Kier molecular flexibility index (Phi) is 2.50. The predicted molar refractivity (Wildman–Crippen MR) is 68.0 cm³/mol. The summed E-state index contributed by atoms with van der Waals surface area (Å²) in [4.78, 5) is 28.2. The van der Waals surface area contributed by atoms with Crippen LogP contribution in [0.4, 0.5) is 4.79 Å². The van der Waals surface area contributed by atoms with Gasteiger partial charge in [-0.25, -0.2) is 4.79 Å². The summed E-state index contributed by atoms with van der Waals surface area (Å²) in [6.07, 6.45) is 6.63. The van der Waals surface area contributed by atoms with E-state index in [4.69, 9.17) is 0 Å². The summed E-state index contributed by atoms with van der Waals surface area (Å²) in [6, 6.07) is 0.289. The fraction of sp³-hybridized carbons (Fsp3) is 0.714. The number of carbonyl (C=O) groups is 2. The van der Waals surface area contributed by atoms with Crippen molar-refractivity contribution < 1.29 is 9.59 Å². The van der Waals surface area contributed by atoms with Crippen LogP contribution in [0.3, 0.4) is 0 Å². The van der Waals surface area contributed by atoms with Crippen LogP contribution in [0.1, 0.15) is 46.0 Å².